The number of methoxy groups -OCH3 is 1. The van der Waals surface area contributed by atoms with Gasteiger partial charge < -0.3 is 14.4 Å². The van der Waals surface area contributed by atoms with Gasteiger partial charge in [-0.15, -0.1) is 0 Å². The average Bonchev–Trinajstić information content (AvgIpc) is 2.52. The molecule has 0 spiro atoms. The molecule has 1 heterocycles. The Bertz CT molecular complexity index is 534. The number of ether oxygens (including phenoxy) is 2. The van der Waals surface area contributed by atoms with Crippen LogP contribution in [-0.2, 0) is 16.0 Å². The summed E-state index contributed by atoms with van der Waals surface area (Å²) in [6.07, 6.45) is -5.52. The number of carbonyl (C=O) groups is 1. The van der Waals surface area contributed by atoms with Gasteiger partial charge in [0, 0.05) is 25.9 Å². The van der Waals surface area contributed by atoms with Gasteiger partial charge in [-0.2, -0.15) is 13.2 Å². The zero-order valence-electron chi connectivity index (χ0n) is 12.9. The number of morpholine rings is 1. The van der Waals surface area contributed by atoms with Crippen molar-refractivity contribution in [2.75, 3.05) is 26.8 Å². The first kappa shape index (κ1) is 17.6. The third kappa shape index (κ3) is 5.74. The van der Waals surface area contributed by atoms with Crippen molar-refractivity contribution in [3.63, 3.8) is 0 Å². The van der Waals surface area contributed by atoms with Crippen LogP contribution in [0.25, 0.3) is 0 Å². The number of amides is 1. The minimum atomic E-state index is -4.30. The lowest BCUT2D eigenvalue weighted by molar-refractivity contribution is -0.153. The summed E-state index contributed by atoms with van der Waals surface area (Å²) in [7, 11) is 1.58. The summed E-state index contributed by atoms with van der Waals surface area (Å²) in [5.74, 6) is 0.262. The Morgan fingerprint density at radius 1 is 1.43 bits per heavy atom. The Kier molecular flexibility index (Phi) is 5.87. The zero-order chi connectivity index (χ0) is 16.9. The van der Waals surface area contributed by atoms with Gasteiger partial charge in [0.05, 0.1) is 26.2 Å². The van der Waals surface area contributed by atoms with Crippen LogP contribution in [0.2, 0.25) is 0 Å². The molecule has 1 atom stereocenters. The number of nitrogens with zero attached hydrogens (tertiary/aromatic N) is 1. The van der Waals surface area contributed by atoms with Crippen molar-refractivity contribution in [1.82, 2.24) is 4.90 Å². The Hall–Kier alpha value is -1.76. The molecule has 1 aromatic carbocycles. The van der Waals surface area contributed by atoms with E-state index in [4.69, 9.17) is 9.47 Å². The highest BCUT2D eigenvalue weighted by atomic mass is 19.4. The second-order valence-electron chi connectivity index (χ2n) is 5.50. The third-order valence-corrected chi connectivity index (χ3v) is 3.71. The first-order valence-corrected chi connectivity index (χ1v) is 7.46. The number of benzene rings is 1. The summed E-state index contributed by atoms with van der Waals surface area (Å²) in [5.41, 5.74) is 0.999. The van der Waals surface area contributed by atoms with Gasteiger partial charge in [-0.05, 0) is 17.7 Å². The summed E-state index contributed by atoms with van der Waals surface area (Å²) < 4.78 is 47.4. The van der Waals surface area contributed by atoms with Gasteiger partial charge in [-0.3, -0.25) is 4.79 Å². The molecule has 0 aromatic heterocycles. The molecule has 0 saturated carbocycles. The molecule has 1 saturated heterocycles. The maximum atomic E-state index is 12.2. The molecule has 0 aliphatic carbocycles. The monoisotopic (exact) mass is 331 g/mol. The molecule has 1 unspecified atom stereocenters. The number of hydrogen-bond donors (Lipinski definition) is 0. The van der Waals surface area contributed by atoms with E-state index in [1.807, 2.05) is 24.3 Å². The van der Waals surface area contributed by atoms with Crippen molar-refractivity contribution >= 4 is 5.91 Å². The van der Waals surface area contributed by atoms with E-state index in [2.05, 4.69) is 0 Å². The van der Waals surface area contributed by atoms with Gasteiger partial charge in [0.15, 0.2) is 0 Å². The van der Waals surface area contributed by atoms with E-state index in [1.54, 1.807) is 7.11 Å². The maximum absolute atomic E-state index is 12.2. The first-order valence-electron chi connectivity index (χ1n) is 7.46. The molecule has 1 aliphatic rings. The molecule has 1 aliphatic heterocycles. The van der Waals surface area contributed by atoms with Crippen molar-refractivity contribution in [3.05, 3.63) is 29.8 Å². The van der Waals surface area contributed by atoms with Crippen LogP contribution in [0.5, 0.6) is 5.75 Å². The Morgan fingerprint density at radius 3 is 2.91 bits per heavy atom. The van der Waals surface area contributed by atoms with Crippen LogP contribution in [0.3, 0.4) is 0 Å². The number of carbonyl (C=O) groups excluding carboxylic acids is 1. The third-order valence-electron chi connectivity index (χ3n) is 3.71. The molecule has 0 bridgehead atoms. The Morgan fingerprint density at radius 2 is 2.22 bits per heavy atom. The SMILES string of the molecule is COc1cccc(CC2CN(C(=O)CCC(F)(F)F)CCO2)c1. The molecule has 1 fully saturated rings. The van der Waals surface area contributed by atoms with Gasteiger partial charge in [0.1, 0.15) is 5.75 Å². The standard InChI is InChI=1S/C16H20F3NO3/c1-22-13-4-2-3-12(9-13)10-14-11-20(7-8-23-14)15(21)5-6-16(17,18)19/h2-4,9,14H,5-8,10-11H2,1H3. The van der Waals surface area contributed by atoms with Gasteiger partial charge in [0.2, 0.25) is 5.91 Å². The fourth-order valence-electron chi connectivity index (χ4n) is 2.54. The summed E-state index contributed by atoms with van der Waals surface area (Å²) >= 11 is 0. The molecule has 4 nitrogen and oxygen atoms in total. The average molecular weight is 331 g/mol. The van der Waals surface area contributed by atoms with Crippen molar-refractivity contribution in [3.8, 4) is 5.75 Å². The minimum absolute atomic E-state index is 0.217. The fraction of sp³-hybridized carbons (Fsp3) is 0.562. The molecular weight excluding hydrogens is 311 g/mol. The van der Waals surface area contributed by atoms with Crippen molar-refractivity contribution < 1.29 is 27.4 Å². The summed E-state index contributed by atoms with van der Waals surface area (Å²) in [5, 5.41) is 0. The van der Waals surface area contributed by atoms with Crippen molar-refractivity contribution in [2.45, 2.75) is 31.5 Å². The Labute approximate surface area is 133 Å². The van der Waals surface area contributed by atoms with E-state index in [0.717, 1.165) is 11.3 Å². The number of halogens is 3. The van der Waals surface area contributed by atoms with Crippen molar-refractivity contribution in [1.29, 1.82) is 0 Å². The lowest BCUT2D eigenvalue weighted by Gasteiger charge is -2.33. The maximum Gasteiger partial charge on any atom is 0.389 e. The van der Waals surface area contributed by atoms with E-state index in [1.165, 1.54) is 4.90 Å². The number of hydrogen-bond acceptors (Lipinski definition) is 3. The van der Waals surface area contributed by atoms with Crippen LogP contribution in [-0.4, -0.2) is 49.9 Å². The van der Waals surface area contributed by atoms with E-state index in [0.29, 0.717) is 26.1 Å². The van der Waals surface area contributed by atoms with Crippen LogP contribution in [0, 0.1) is 0 Å². The molecule has 2 rings (SSSR count). The van der Waals surface area contributed by atoms with Gasteiger partial charge >= 0.3 is 6.18 Å². The van der Waals surface area contributed by atoms with E-state index in [-0.39, 0.29) is 6.10 Å². The molecule has 1 aromatic rings. The van der Waals surface area contributed by atoms with Crippen LogP contribution in [0.4, 0.5) is 13.2 Å². The second-order valence-corrected chi connectivity index (χ2v) is 5.50. The summed E-state index contributed by atoms with van der Waals surface area (Å²) in [6.45, 7) is 0.992. The second kappa shape index (κ2) is 7.68. The topological polar surface area (TPSA) is 38.8 Å². The smallest absolute Gasteiger partial charge is 0.389 e. The molecule has 0 N–H and O–H groups in total. The predicted octanol–water partition coefficient (Wildman–Crippen LogP) is 2.81. The largest absolute Gasteiger partial charge is 0.497 e. The quantitative estimate of drug-likeness (QED) is 0.833. The molecule has 128 valence electrons. The van der Waals surface area contributed by atoms with Gasteiger partial charge in [0.25, 0.3) is 0 Å². The number of alkyl halides is 3. The van der Waals surface area contributed by atoms with Gasteiger partial charge in [-0.1, -0.05) is 12.1 Å². The fourth-order valence-corrected chi connectivity index (χ4v) is 2.54. The van der Waals surface area contributed by atoms with Crippen LogP contribution in [0.15, 0.2) is 24.3 Å². The van der Waals surface area contributed by atoms with Crippen molar-refractivity contribution in [2.24, 2.45) is 0 Å². The van der Waals surface area contributed by atoms with Crippen LogP contribution < -0.4 is 4.74 Å². The lowest BCUT2D eigenvalue weighted by Crippen LogP contribution is -2.46. The van der Waals surface area contributed by atoms with E-state index in [9.17, 15) is 18.0 Å². The highest BCUT2D eigenvalue weighted by molar-refractivity contribution is 5.76. The Balaban J connectivity index is 1.88. The molecule has 1 amide bonds. The highest BCUT2D eigenvalue weighted by Gasteiger charge is 2.31. The first-order chi connectivity index (χ1) is 10.9. The number of rotatable bonds is 5. The molecular formula is C16H20F3NO3. The minimum Gasteiger partial charge on any atom is -0.497 e. The normalized spacial score (nSPS) is 18.8. The predicted molar refractivity (Wildman–Crippen MR) is 78.3 cm³/mol. The van der Waals surface area contributed by atoms with Gasteiger partial charge in [-0.25, -0.2) is 0 Å². The zero-order valence-corrected chi connectivity index (χ0v) is 12.9. The molecule has 23 heavy (non-hydrogen) atoms. The van der Waals surface area contributed by atoms with E-state index < -0.39 is 24.9 Å². The lowest BCUT2D eigenvalue weighted by atomic mass is 10.1. The summed E-state index contributed by atoms with van der Waals surface area (Å²) in [4.78, 5) is 13.4. The van der Waals surface area contributed by atoms with Crippen LogP contribution >= 0.6 is 0 Å². The molecule has 0 radical (unpaired) electrons. The van der Waals surface area contributed by atoms with E-state index >= 15 is 0 Å². The highest BCUT2D eigenvalue weighted by Crippen LogP contribution is 2.23. The van der Waals surface area contributed by atoms with Crippen LogP contribution in [0.1, 0.15) is 18.4 Å². The molecule has 7 heteroatoms. The summed E-state index contributed by atoms with van der Waals surface area (Å²) in [6, 6.07) is 7.51.